The molecule has 8 nitrogen and oxygen atoms in total. The second kappa shape index (κ2) is 9.86. The molecule has 1 aliphatic rings. The van der Waals surface area contributed by atoms with Gasteiger partial charge in [-0.25, -0.2) is 13.4 Å². The summed E-state index contributed by atoms with van der Waals surface area (Å²) in [6, 6.07) is 12.6. The van der Waals surface area contributed by atoms with Crippen LogP contribution in [0.1, 0.15) is 23.2 Å². The minimum atomic E-state index is -3.78. The van der Waals surface area contributed by atoms with Gasteiger partial charge in [-0.2, -0.15) is 0 Å². The third-order valence-corrected chi connectivity index (χ3v) is 7.75. The molecule has 3 aromatic rings. The van der Waals surface area contributed by atoms with Crippen LogP contribution in [-0.2, 0) is 14.8 Å². The van der Waals surface area contributed by atoms with E-state index < -0.39 is 10.0 Å². The molecule has 1 fully saturated rings. The number of rotatable bonds is 8. The molecule has 2 N–H and O–H groups in total. The second-order valence-corrected chi connectivity index (χ2v) is 10.6. The van der Waals surface area contributed by atoms with Crippen molar-refractivity contribution in [2.75, 3.05) is 17.9 Å². The zero-order valence-electron chi connectivity index (χ0n) is 16.8. The van der Waals surface area contributed by atoms with Crippen LogP contribution in [0.15, 0.2) is 58.9 Å². The number of nitrogens with zero attached hydrogens (tertiary/aromatic N) is 1. The molecule has 1 aliphatic heterocycles. The van der Waals surface area contributed by atoms with Crippen molar-refractivity contribution in [2.24, 2.45) is 0 Å². The first-order valence-electron chi connectivity index (χ1n) is 9.81. The lowest BCUT2D eigenvalue weighted by Gasteiger charge is -2.13. The Labute approximate surface area is 194 Å². The maximum absolute atomic E-state index is 12.6. The molecule has 1 amide bonds. The van der Waals surface area contributed by atoms with Crippen molar-refractivity contribution in [2.45, 2.75) is 23.2 Å². The Bertz CT molecular complexity index is 1210. The fourth-order valence-electron chi connectivity index (χ4n) is 3.13. The first-order valence-corrected chi connectivity index (χ1v) is 12.5. The molecule has 2 aromatic heterocycles. The van der Waals surface area contributed by atoms with E-state index in [1.54, 1.807) is 30.3 Å². The van der Waals surface area contributed by atoms with E-state index in [0.29, 0.717) is 28.9 Å². The van der Waals surface area contributed by atoms with E-state index in [4.69, 9.17) is 21.1 Å². The Morgan fingerprint density at radius 2 is 2.12 bits per heavy atom. The molecule has 3 heterocycles. The molecule has 0 aliphatic carbocycles. The number of hydrogen-bond acceptors (Lipinski definition) is 7. The highest BCUT2D eigenvalue weighted by molar-refractivity contribution is 7.94. The van der Waals surface area contributed by atoms with Crippen molar-refractivity contribution in [3.8, 4) is 11.6 Å². The Morgan fingerprint density at radius 1 is 1.25 bits per heavy atom. The summed E-state index contributed by atoms with van der Waals surface area (Å²) >= 11 is 6.80. The molecule has 11 heteroatoms. The number of hydrogen-bond donors (Lipinski definition) is 2. The largest absolute Gasteiger partial charge is 0.438 e. The number of carbonyl (C=O) groups is 1. The van der Waals surface area contributed by atoms with Crippen molar-refractivity contribution < 1.29 is 22.7 Å². The molecule has 0 saturated carbocycles. The van der Waals surface area contributed by atoms with Crippen molar-refractivity contribution in [1.29, 1.82) is 0 Å². The number of amides is 1. The summed E-state index contributed by atoms with van der Waals surface area (Å²) in [5, 5.41) is 2.84. The number of pyridine rings is 1. The van der Waals surface area contributed by atoms with Crippen molar-refractivity contribution in [1.82, 2.24) is 10.3 Å². The third kappa shape index (κ3) is 5.57. The molecule has 1 aromatic carbocycles. The molecule has 0 bridgehead atoms. The van der Waals surface area contributed by atoms with Gasteiger partial charge in [0.1, 0.15) is 15.5 Å². The van der Waals surface area contributed by atoms with Gasteiger partial charge in [0, 0.05) is 25.4 Å². The molecule has 1 atom stereocenters. The van der Waals surface area contributed by atoms with Gasteiger partial charge in [0.15, 0.2) is 0 Å². The molecule has 32 heavy (non-hydrogen) atoms. The molecular weight excluding hydrogens is 474 g/mol. The topological polar surface area (TPSA) is 107 Å². The van der Waals surface area contributed by atoms with Crippen LogP contribution < -0.4 is 14.8 Å². The molecule has 1 saturated heterocycles. The standard InChI is InChI=1S/C21H20ClN3O5S2/c22-18-8-9-19(31-18)32(27,28)25-14-4-1-5-15(12-14)30-21-17(7-2-10-23-21)20(26)24-13-16-6-3-11-29-16/h1-2,4-5,7-10,12,16,25H,3,6,11,13H2,(H,24,26)/t16-/m1/s1. The van der Waals surface area contributed by atoms with E-state index in [2.05, 4.69) is 15.0 Å². The summed E-state index contributed by atoms with van der Waals surface area (Å²) in [4.78, 5) is 16.8. The summed E-state index contributed by atoms with van der Waals surface area (Å²) in [6.07, 6.45) is 3.43. The predicted octanol–water partition coefficient (Wildman–Crippen LogP) is 4.30. The van der Waals surface area contributed by atoms with Crippen LogP contribution in [0.25, 0.3) is 0 Å². The summed E-state index contributed by atoms with van der Waals surface area (Å²) in [6.45, 7) is 1.12. The first-order chi connectivity index (χ1) is 15.4. The number of anilines is 1. The third-order valence-electron chi connectivity index (χ3n) is 4.64. The highest BCUT2D eigenvalue weighted by atomic mass is 35.5. The van der Waals surface area contributed by atoms with Gasteiger partial charge < -0.3 is 14.8 Å². The van der Waals surface area contributed by atoms with Crippen LogP contribution in [-0.4, -0.2) is 38.6 Å². The van der Waals surface area contributed by atoms with Crippen LogP contribution in [0.4, 0.5) is 5.69 Å². The fourth-order valence-corrected chi connectivity index (χ4v) is 5.67. The van der Waals surface area contributed by atoms with E-state index in [0.717, 1.165) is 24.2 Å². The van der Waals surface area contributed by atoms with E-state index >= 15 is 0 Å². The molecule has 0 spiro atoms. The molecule has 0 unspecified atom stereocenters. The van der Waals surface area contributed by atoms with Gasteiger partial charge in [-0.05, 0) is 49.2 Å². The number of halogens is 1. The Kier molecular flexibility index (Phi) is 6.95. The smallest absolute Gasteiger partial charge is 0.271 e. The van der Waals surface area contributed by atoms with Gasteiger partial charge in [-0.1, -0.05) is 17.7 Å². The number of ether oxygens (including phenoxy) is 2. The van der Waals surface area contributed by atoms with Gasteiger partial charge in [0.2, 0.25) is 5.88 Å². The molecule has 4 rings (SSSR count). The SMILES string of the molecule is O=C(NC[C@H]1CCCO1)c1cccnc1Oc1cccc(NS(=O)(=O)c2ccc(Cl)s2)c1. The lowest BCUT2D eigenvalue weighted by molar-refractivity contribution is 0.0855. The summed E-state index contributed by atoms with van der Waals surface area (Å²) in [5.41, 5.74) is 0.567. The molecular formula is C21H20ClN3O5S2. The van der Waals surface area contributed by atoms with Gasteiger partial charge in [0.05, 0.1) is 16.1 Å². The number of benzene rings is 1. The average molecular weight is 494 g/mol. The number of aromatic nitrogens is 1. The van der Waals surface area contributed by atoms with Crippen molar-refractivity contribution in [3.63, 3.8) is 0 Å². The molecule has 168 valence electrons. The zero-order valence-corrected chi connectivity index (χ0v) is 19.2. The molecule has 0 radical (unpaired) electrons. The maximum Gasteiger partial charge on any atom is 0.271 e. The highest BCUT2D eigenvalue weighted by Gasteiger charge is 2.20. The summed E-state index contributed by atoms with van der Waals surface area (Å²) in [7, 11) is -3.78. The van der Waals surface area contributed by atoms with E-state index in [1.807, 2.05) is 0 Å². The van der Waals surface area contributed by atoms with Gasteiger partial charge in [0.25, 0.3) is 15.9 Å². The Balaban J connectivity index is 1.47. The van der Waals surface area contributed by atoms with Gasteiger partial charge >= 0.3 is 0 Å². The lowest BCUT2D eigenvalue weighted by Crippen LogP contribution is -2.32. The summed E-state index contributed by atoms with van der Waals surface area (Å²) < 4.78 is 39.4. The monoisotopic (exact) mass is 493 g/mol. The van der Waals surface area contributed by atoms with Crippen LogP contribution in [0.5, 0.6) is 11.6 Å². The minimum Gasteiger partial charge on any atom is -0.438 e. The first kappa shape index (κ1) is 22.5. The second-order valence-electron chi connectivity index (χ2n) is 7.00. The quantitative estimate of drug-likeness (QED) is 0.484. The predicted molar refractivity (Wildman–Crippen MR) is 122 cm³/mol. The van der Waals surface area contributed by atoms with Crippen molar-refractivity contribution in [3.05, 3.63) is 64.6 Å². The normalized spacial score (nSPS) is 16.0. The Morgan fingerprint density at radius 3 is 2.88 bits per heavy atom. The van der Waals surface area contributed by atoms with Crippen LogP contribution in [0.3, 0.4) is 0 Å². The van der Waals surface area contributed by atoms with Gasteiger partial charge in [-0.3, -0.25) is 9.52 Å². The Hall–Kier alpha value is -2.66. The summed E-state index contributed by atoms with van der Waals surface area (Å²) in [5.74, 6) is 0.110. The van der Waals surface area contributed by atoms with Crippen molar-refractivity contribution >= 4 is 44.6 Å². The van der Waals surface area contributed by atoms with E-state index in [9.17, 15) is 13.2 Å². The van der Waals surface area contributed by atoms with E-state index in [1.165, 1.54) is 24.4 Å². The number of nitrogens with one attached hydrogen (secondary N) is 2. The van der Waals surface area contributed by atoms with Gasteiger partial charge in [-0.15, -0.1) is 11.3 Å². The lowest BCUT2D eigenvalue weighted by atomic mass is 10.2. The highest BCUT2D eigenvalue weighted by Crippen LogP contribution is 2.29. The average Bonchev–Trinajstić information content (AvgIpc) is 3.44. The number of sulfonamides is 1. The number of carbonyl (C=O) groups excluding carboxylic acids is 1. The maximum atomic E-state index is 12.6. The zero-order chi connectivity index (χ0) is 22.6. The number of thiophene rings is 1. The van der Waals surface area contributed by atoms with Crippen LogP contribution in [0, 0.1) is 0 Å². The van der Waals surface area contributed by atoms with Crippen LogP contribution in [0.2, 0.25) is 4.34 Å². The fraction of sp³-hybridized carbons (Fsp3) is 0.238. The van der Waals surface area contributed by atoms with Crippen LogP contribution >= 0.6 is 22.9 Å². The minimum absolute atomic E-state index is 0.0166. The van der Waals surface area contributed by atoms with E-state index in [-0.39, 0.29) is 27.7 Å².